The van der Waals surface area contributed by atoms with Crippen molar-refractivity contribution in [3.63, 3.8) is 0 Å². The predicted molar refractivity (Wildman–Crippen MR) is 38.3 cm³/mol. The summed E-state index contributed by atoms with van der Waals surface area (Å²) in [5.41, 5.74) is 1.80. The van der Waals surface area contributed by atoms with Crippen LogP contribution < -0.4 is 15.2 Å². The molecule has 0 radical (unpaired) electrons. The van der Waals surface area contributed by atoms with Gasteiger partial charge in [-0.3, -0.25) is 0 Å². The maximum atomic E-state index is 7.27. The van der Waals surface area contributed by atoms with Crippen molar-refractivity contribution in [3.8, 4) is 0 Å². The quantitative estimate of drug-likeness (QED) is 0.513. The second kappa shape index (κ2) is 1.84. The van der Waals surface area contributed by atoms with Gasteiger partial charge in [0.15, 0.2) is 1.41 Å². The van der Waals surface area contributed by atoms with E-state index >= 15 is 0 Å². The van der Waals surface area contributed by atoms with Crippen LogP contribution in [0.4, 0.5) is 0 Å². The molecule has 0 amide bonds. The smallest absolute Gasteiger partial charge is 0.160 e. The van der Waals surface area contributed by atoms with E-state index in [2.05, 4.69) is 4.98 Å². The molecule has 2 heterocycles. The lowest BCUT2D eigenvalue weighted by Crippen LogP contribution is -2.30. The fourth-order valence-electron chi connectivity index (χ4n) is 0.789. The molecule has 9 heavy (non-hydrogen) atoms. The zero-order valence-corrected chi connectivity index (χ0v) is 5.56. The Balaban J connectivity index is 2.73. The molecular formula is C6H6N2S. The Bertz CT molecular complexity index is 343. The van der Waals surface area contributed by atoms with Crippen molar-refractivity contribution in [2.75, 3.05) is 6.54 Å². The number of thiazole rings is 1. The van der Waals surface area contributed by atoms with Crippen molar-refractivity contribution in [2.24, 2.45) is 0 Å². The molecule has 1 aromatic rings. The third-order valence-electron chi connectivity index (χ3n) is 1.22. The lowest BCUT2D eigenvalue weighted by molar-refractivity contribution is 1.05. The summed E-state index contributed by atoms with van der Waals surface area (Å²) in [5.74, 6) is 0. The van der Waals surface area contributed by atoms with Gasteiger partial charge in [-0.05, 0) is 6.08 Å². The molecule has 1 aliphatic rings. The third-order valence-corrected chi connectivity index (χ3v) is 2.00. The van der Waals surface area contributed by atoms with Crippen LogP contribution >= 0.6 is 11.3 Å². The van der Waals surface area contributed by atoms with Crippen LogP contribution in [0, 0.1) is 0 Å². The second-order valence-corrected chi connectivity index (χ2v) is 2.69. The van der Waals surface area contributed by atoms with E-state index in [-0.39, 0.29) is 0 Å². The minimum atomic E-state index is 0.650. The average Bonchev–Trinajstić information content (AvgIpc) is 2.33. The summed E-state index contributed by atoms with van der Waals surface area (Å²) in [7, 11) is 0. The molecule has 0 spiro atoms. The first kappa shape index (κ1) is 4.06. The Morgan fingerprint density at radius 2 is 2.89 bits per heavy atom. The zero-order valence-electron chi connectivity index (χ0n) is 5.74. The maximum absolute atomic E-state index is 7.27. The van der Waals surface area contributed by atoms with E-state index in [1.807, 2.05) is 6.08 Å². The average molecular weight is 140 g/mol. The maximum Gasteiger partial charge on any atom is 0.160 e. The van der Waals surface area contributed by atoms with Crippen LogP contribution in [0.3, 0.4) is 0 Å². The van der Waals surface area contributed by atoms with Gasteiger partial charge >= 0.3 is 0 Å². The Kier molecular flexibility index (Phi) is 0.832. The van der Waals surface area contributed by atoms with Crippen LogP contribution in [-0.2, 0) is 0 Å². The standard InChI is InChI=1S/C6H6N2S/c1-2-7-3-6-5(1)8-4-9-6/h1,3-4,7H,2H2/i/hT. The van der Waals surface area contributed by atoms with Gasteiger partial charge in [-0.2, -0.15) is 0 Å². The zero-order chi connectivity index (χ0) is 6.97. The molecular weight excluding hydrogens is 132 g/mol. The van der Waals surface area contributed by atoms with Crippen LogP contribution in [0.25, 0.3) is 12.3 Å². The topological polar surface area (TPSA) is 24.9 Å². The highest BCUT2D eigenvalue weighted by Gasteiger charge is 1.91. The van der Waals surface area contributed by atoms with E-state index in [1.165, 1.54) is 5.31 Å². The largest absolute Gasteiger partial charge is 0.386 e. The summed E-state index contributed by atoms with van der Waals surface area (Å²) in [4.78, 5) is 4.11. The molecule has 0 atom stereocenters. The molecule has 0 bridgehead atoms. The number of hydrogen-bond donors (Lipinski definition) is 1. The summed E-state index contributed by atoms with van der Waals surface area (Å²) in [6, 6.07) is 0. The van der Waals surface area contributed by atoms with Gasteiger partial charge < -0.3 is 5.31 Å². The molecule has 3 heteroatoms. The number of aromatic nitrogens is 1. The van der Waals surface area contributed by atoms with Gasteiger partial charge in [-0.15, -0.1) is 11.3 Å². The molecule has 0 unspecified atom stereocenters. The van der Waals surface area contributed by atoms with Gasteiger partial charge in [0, 0.05) is 12.7 Å². The first-order valence-electron chi connectivity index (χ1n) is 3.18. The molecule has 0 fully saturated rings. The first-order chi connectivity index (χ1) is 4.86. The van der Waals surface area contributed by atoms with Crippen molar-refractivity contribution in [1.29, 1.82) is 0 Å². The van der Waals surface area contributed by atoms with Crippen molar-refractivity contribution in [2.45, 2.75) is 0 Å². The van der Waals surface area contributed by atoms with E-state index in [1.54, 1.807) is 23.0 Å². The van der Waals surface area contributed by atoms with Crippen molar-refractivity contribution >= 4 is 23.6 Å². The highest BCUT2D eigenvalue weighted by atomic mass is 32.1. The Labute approximate surface area is 58.0 Å². The fourth-order valence-corrected chi connectivity index (χ4v) is 1.46. The number of rotatable bonds is 0. The monoisotopic (exact) mass is 140 g/mol. The van der Waals surface area contributed by atoms with Crippen LogP contribution in [-0.4, -0.2) is 11.5 Å². The van der Waals surface area contributed by atoms with Gasteiger partial charge in [0.25, 0.3) is 0 Å². The van der Waals surface area contributed by atoms with E-state index in [9.17, 15) is 0 Å². The van der Waals surface area contributed by atoms with E-state index in [0.717, 1.165) is 9.88 Å². The molecule has 1 N–H and O–H groups in total. The van der Waals surface area contributed by atoms with Crippen molar-refractivity contribution in [1.82, 2.24) is 10.3 Å². The molecule has 46 valence electrons. The van der Waals surface area contributed by atoms with Crippen LogP contribution in [0.1, 0.15) is 0 Å². The van der Waals surface area contributed by atoms with Gasteiger partial charge in [0.2, 0.25) is 0 Å². The molecule has 0 aliphatic carbocycles. The highest BCUT2D eigenvalue weighted by molar-refractivity contribution is 7.07. The summed E-state index contributed by atoms with van der Waals surface area (Å²) in [6.45, 7) is 0.650. The molecule has 1 aromatic heterocycles. The Morgan fingerprint density at radius 3 is 3.89 bits per heavy atom. The summed E-state index contributed by atoms with van der Waals surface area (Å²) >= 11 is 1.57. The van der Waals surface area contributed by atoms with E-state index in [4.69, 9.17) is 1.41 Å². The van der Waals surface area contributed by atoms with Gasteiger partial charge in [0.05, 0.1) is 15.4 Å². The summed E-state index contributed by atoms with van der Waals surface area (Å²) in [6.07, 6.45) is 3.76. The first-order valence-corrected chi connectivity index (χ1v) is 3.61. The highest BCUT2D eigenvalue weighted by Crippen LogP contribution is 1.78. The molecule has 1 aliphatic heterocycles. The van der Waals surface area contributed by atoms with Crippen LogP contribution in [0.15, 0.2) is 5.51 Å². The van der Waals surface area contributed by atoms with E-state index < -0.39 is 0 Å². The lowest BCUT2D eigenvalue weighted by atomic mass is 10.4. The lowest BCUT2D eigenvalue weighted by Gasteiger charge is -1.94. The number of nitrogens with zero attached hydrogens (tertiary/aromatic N) is 1. The van der Waals surface area contributed by atoms with Crippen molar-refractivity contribution in [3.05, 3.63) is 15.4 Å². The minimum absolute atomic E-state index is 0.650. The number of hydrogen-bond acceptors (Lipinski definition) is 3. The molecule has 2 nitrogen and oxygen atoms in total. The normalized spacial score (nSPS) is 17.3. The van der Waals surface area contributed by atoms with Gasteiger partial charge in [-0.25, -0.2) is 4.98 Å². The number of fused-ring (bicyclic) bond motifs is 1. The van der Waals surface area contributed by atoms with Crippen LogP contribution in [0.2, 0.25) is 1.41 Å². The van der Waals surface area contributed by atoms with Crippen LogP contribution in [0.5, 0.6) is 0 Å². The van der Waals surface area contributed by atoms with Gasteiger partial charge in [0.1, 0.15) is 0 Å². The SMILES string of the molecule is [3H]N1C=c2scnc2=CC1. The molecule has 0 aromatic carbocycles. The fraction of sp³-hybridized carbons (Fsp3) is 0.167. The molecule has 0 saturated heterocycles. The Morgan fingerprint density at radius 1 is 1.89 bits per heavy atom. The Hall–Kier alpha value is -0.830. The molecule has 2 rings (SSSR count). The third kappa shape index (κ3) is 0.733. The minimum Gasteiger partial charge on any atom is -0.386 e. The van der Waals surface area contributed by atoms with Crippen molar-refractivity contribution < 1.29 is 1.41 Å². The second-order valence-electron chi connectivity index (χ2n) is 1.80. The number of nitrogens with one attached hydrogen (secondary N) is 1. The summed E-state index contributed by atoms with van der Waals surface area (Å²) < 4.78 is 8.35. The van der Waals surface area contributed by atoms with E-state index in [0.29, 0.717) is 6.54 Å². The molecule has 0 saturated carbocycles. The predicted octanol–water partition coefficient (Wildman–Crippen LogP) is -0.735. The van der Waals surface area contributed by atoms with Gasteiger partial charge in [-0.1, -0.05) is 0 Å². The summed E-state index contributed by atoms with van der Waals surface area (Å²) in [5, 5.41) is 2.43.